The fraction of sp³-hybridized carbons (Fsp3) is 0.474. The molecule has 0 radical (unpaired) electrons. The molecule has 116 valence electrons. The molecule has 1 aliphatic carbocycles. The molecule has 0 atom stereocenters. The van der Waals surface area contributed by atoms with Crippen LogP contribution in [-0.4, -0.2) is 10.8 Å². The highest BCUT2D eigenvalue weighted by Crippen LogP contribution is 2.31. The van der Waals surface area contributed by atoms with Gasteiger partial charge in [0.25, 0.3) is 0 Å². The third kappa shape index (κ3) is 3.00. The quantitative estimate of drug-likeness (QED) is 0.602. The van der Waals surface area contributed by atoms with Crippen molar-refractivity contribution in [2.75, 3.05) is 0 Å². The number of aromatic nitrogens is 1. The van der Waals surface area contributed by atoms with Gasteiger partial charge in [-0.05, 0) is 60.4 Å². The largest absolute Gasteiger partial charge is 0.346 e. The van der Waals surface area contributed by atoms with Crippen molar-refractivity contribution in [3.8, 4) is 0 Å². The molecule has 0 aliphatic heterocycles. The molecule has 2 nitrogen and oxygen atoms in total. The molecule has 3 rings (SSSR count). The first kappa shape index (κ1) is 15.4. The molecular formula is C19H23NOS. The van der Waals surface area contributed by atoms with Crippen LogP contribution in [0.15, 0.2) is 24.3 Å². The number of nitrogens with one attached hydrogen (secondary N) is 1. The van der Waals surface area contributed by atoms with Gasteiger partial charge in [-0.25, -0.2) is 0 Å². The smallest absolute Gasteiger partial charge is 0.165 e. The Balaban J connectivity index is 1.92. The number of ketones is 1. The molecule has 0 saturated heterocycles. The summed E-state index contributed by atoms with van der Waals surface area (Å²) >= 11 is 5.35. The maximum atomic E-state index is 12.7. The van der Waals surface area contributed by atoms with Crippen molar-refractivity contribution < 1.29 is 4.79 Å². The van der Waals surface area contributed by atoms with Crippen LogP contribution in [0.2, 0.25) is 0 Å². The van der Waals surface area contributed by atoms with Crippen LogP contribution >= 0.6 is 12.2 Å². The fourth-order valence-corrected chi connectivity index (χ4v) is 3.74. The Kier molecular flexibility index (Phi) is 4.44. The summed E-state index contributed by atoms with van der Waals surface area (Å²) in [5.41, 5.74) is 2.99. The molecule has 1 saturated carbocycles. The van der Waals surface area contributed by atoms with Gasteiger partial charge in [0.05, 0.1) is 0 Å². The number of aromatic amines is 1. The van der Waals surface area contributed by atoms with E-state index in [0.29, 0.717) is 5.78 Å². The van der Waals surface area contributed by atoms with Crippen molar-refractivity contribution in [3.63, 3.8) is 0 Å². The maximum Gasteiger partial charge on any atom is 0.165 e. The van der Waals surface area contributed by atoms with E-state index in [1.807, 2.05) is 18.2 Å². The number of carbonyl (C=O) groups excluding carboxylic acids is 1. The van der Waals surface area contributed by atoms with Gasteiger partial charge in [-0.15, -0.1) is 0 Å². The Morgan fingerprint density at radius 3 is 2.64 bits per heavy atom. The summed E-state index contributed by atoms with van der Waals surface area (Å²) in [5, 5.41) is 1.08. The Labute approximate surface area is 136 Å². The van der Waals surface area contributed by atoms with Crippen molar-refractivity contribution in [1.82, 2.24) is 4.98 Å². The molecule has 0 unspecified atom stereocenters. The number of hydrogen-bond acceptors (Lipinski definition) is 2. The highest BCUT2D eigenvalue weighted by atomic mass is 32.1. The summed E-state index contributed by atoms with van der Waals surface area (Å²) in [7, 11) is 0. The van der Waals surface area contributed by atoms with Crippen molar-refractivity contribution in [2.24, 2.45) is 11.8 Å². The van der Waals surface area contributed by atoms with E-state index in [4.69, 9.17) is 12.2 Å². The van der Waals surface area contributed by atoms with Gasteiger partial charge in [-0.2, -0.15) is 0 Å². The Morgan fingerprint density at radius 2 is 1.95 bits per heavy atom. The number of Topliss-reactive ketones (excluding diaryl/α,β-unsaturated/α-hetero) is 1. The van der Waals surface area contributed by atoms with E-state index in [2.05, 4.69) is 24.9 Å². The zero-order valence-corrected chi connectivity index (χ0v) is 14.1. The van der Waals surface area contributed by atoms with Crippen molar-refractivity contribution in [1.29, 1.82) is 0 Å². The molecule has 1 heterocycles. The number of aryl methyl sites for hydroxylation is 1. The molecule has 0 bridgehead atoms. The average molecular weight is 313 g/mol. The van der Waals surface area contributed by atoms with E-state index in [1.54, 1.807) is 0 Å². The number of fused-ring (bicyclic) bond motifs is 1. The molecule has 1 fully saturated rings. The number of pyridine rings is 1. The molecule has 1 aromatic carbocycles. The normalized spacial score (nSPS) is 21.9. The lowest BCUT2D eigenvalue weighted by atomic mass is 9.79. The summed E-state index contributed by atoms with van der Waals surface area (Å²) in [5.74, 6) is 1.30. The van der Waals surface area contributed by atoms with Crippen LogP contribution in [0, 0.1) is 16.5 Å². The van der Waals surface area contributed by atoms with Gasteiger partial charge in [0.15, 0.2) is 5.78 Å². The van der Waals surface area contributed by atoms with Crippen LogP contribution < -0.4 is 0 Å². The van der Waals surface area contributed by atoms with Crippen LogP contribution in [0.4, 0.5) is 0 Å². The van der Waals surface area contributed by atoms with Gasteiger partial charge in [-0.3, -0.25) is 4.79 Å². The monoisotopic (exact) mass is 313 g/mol. The third-order valence-corrected chi connectivity index (χ3v) is 5.34. The van der Waals surface area contributed by atoms with Crippen molar-refractivity contribution >= 4 is 28.9 Å². The van der Waals surface area contributed by atoms with Crippen LogP contribution in [0.25, 0.3) is 10.9 Å². The zero-order chi connectivity index (χ0) is 15.7. The zero-order valence-electron chi connectivity index (χ0n) is 13.3. The minimum absolute atomic E-state index is 0.210. The molecule has 3 heteroatoms. The Bertz CT molecular complexity index is 754. The molecular weight excluding hydrogens is 290 g/mol. The summed E-state index contributed by atoms with van der Waals surface area (Å²) in [6, 6.07) is 8.08. The van der Waals surface area contributed by atoms with Gasteiger partial charge >= 0.3 is 0 Å². The maximum absolute atomic E-state index is 12.7. The highest BCUT2D eigenvalue weighted by Gasteiger charge is 2.25. The lowest BCUT2D eigenvalue weighted by Gasteiger charge is -2.25. The molecule has 0 amide bonds. The second kappa shape index (κ2) is 6.33. The van der Waals surface area contributed by atoms with Gasteiger partial charge < -0.3 is 4.98 Å². The van der Waals surface area contributed by atoms with Gasteiger partial charge in [0.1, 0.15) is 4.64 Å². The third-order valence-electron chi connectivity index (χ3n) is 4.97. The molecule has 22 heavy (non-hydrogen) atoms. The number of carbonyl (C=O) groups is 1. The molecule has 1 N–H and O–H groups in total. The standard InChI is InChI=1S/C19H23NOS/c1-3-13-10-16-11-15(8-9-17(16)20-19(13)22)18(21)14-6-4-12(2)5-7-14/h8-12,14H,3-7H2,1-2H3,(H,20,22). The number of hydrogen-bond donors (Lipinski definition) is 1. The van der Waals surface area contributed by atoms with Crippen LogP contribution in [0.3, 0.4) is 0 Å². The molecule has 1 aliphatic rings. The Morgan fingerprint density at radius 1 is 1.23 bits per heavy atom. The minimum Gasteiger partial charge on any atom is -0.346 e. The van der Waals surface area contributed by atoms with E-state index in [0.717, 1.165) is 51.9 Å². The first-order chi connectivity index (χ1) is 10.6. The summed E-state index contributed by atoms with van der Waals surface area (Å²) < 4.78 is 0.801. The second-order valence-corrected chi connectivity index (χ2v) is 7.01. The lowest BCUT2D eigenvalue weighted by Crippen LogP contribution is -2.20. The van der Waals surface area contributed by atoms with Gasteiger partial charge in [0, 0.05) is 17.0 Å². The van der Waals surface area contributed by atoms with Crippen molar-refractivity contribution in [2.45, 2.75) is 46.0 Å². The summed E-state index contributed by atoms with van der Waals surface area (Å²) in [4.78, 5) is 16.0. The number of benzene rings is 1. The van der Waals surface area contributed by atoms with E-state index < -0.39 is 0 Å². The van der Waals surface area contributed by atoms with Gasteiger partial charge in [0.2, 0.25) is 0 Å². The van der Waals surface area contributed by atoms with Crippen molar-refractivity contribution in [3.05, 3.63) is 40.0 Å². The van der Waals surface area contributed by atoms with Gasteiger partial charge in [-0.1, -0.05) is 38.9 Å². The predicted octanol–water partition coefficient (Wildman–Crippen LogP) is 5.47. The first-order valence-electron chi connectivity index (χ1n) is 8.28. The topological polar surface area (TPSA) is 32.9 Å². The van der Waals surface area contributed by atoms with E-state index in [-0.39, 0.29) is 5.92 Å². The fourth-order valence-electron chi connectivity index (χ4n) is 3.43. The van der Waals surface area contributed by atoms with E-state index >= 15 is 0 Å². The predicted molar refractivity (Wildman–Crippen MR) is 94.0 cm³/mol. The highest BCUT2D eigenvalue weighted by molar-refractivity contribution is 7.71. The van der Waals surface area contributed by atoms with Crippen LogP contribution in [0.1, 0.15) is 55.5 Å². The molecule has 1 aromatic heterocycles. The minimum atomic E-state index is 0.210. The molecule has 2 aromatic rings. The van der Waals surface area contributed by atoms with Crippen LogP contribution in [0.5, 0.6) is 0 Å². The van der Waals surface area contributed by atoms with Crippen LogP contribution in [-0.2, 0) is 6.42 Å². The Hall–Kier alpha value is -1.48. The first-order valence-corrected chi connectivity index (χ1v) is 8.69. The summed E-state index contributed by atoms with van der Waals surface area (Å²) in [6.45, 7) is 4.38. The lowest BCUT2D eigenvalue weighted by molar-refractivity contribution is 0.0876. The SMILES string of the molecule is CCc1cc2cc(C(=O)C3CCC(C)CC3)ccc2[nH]c1=S. The van der Waals surface area contributed by atoms with E-state index in [9.17, 15) is 4.79 Å². The number of H-pyrrole nitrogens is 1. The molecule has 0 spiro atoms. The van der Waals surface area contributed by atoms with E-state index in [1.165, 1.54) is 12.8 Å². The average Bonchev–Trinajstić information content (AvgIpc) is 2.54. The summed E-state index contributed by atoms with van der Waals surface area (Å²) in [6.07, 6.45) is 5.34. The number of rotatable bonds is 3. The second-order valence-electron chi connectivity index (χ2n) is 6.60.